The van der Waals surface area contributed by atoms with Crippen LogP contribution in [0.15, 0.2) is 48.5 Å². The third-order valence-corrected chi connectivity index (χ3v) is 4.34. The van der Waals surface area contributed by atoms with Crippen molar-refractivity contribution in [1.82, 2.24) is 5.32 Å². The van der Waals surface area contributed by atoms with Crippen LogP contribution in [0.2, 0.25) is 0 Å². The van der Waals surface area contributed by atoms with Crippen LogP contribution in [0.5, 0.6) is 0 Å². The SMILES string of the molecule is CCC(C)C(N)C(=O)NCc1ccc(C(=O)Nc2ccc(F)cc2)cc1. The van der Waals surface area contributed by atoms with Gasteiger partial charge in [-0.1, -0.05) is 32.4 Å². The summed E-state index contributed by atoms with van der Waals surface area (Å²) in [7, 11) is 0. The summed E-state index contributed by atoms with van der Waals surface area (Å²) in [5, 5.41) is 5.50. The lowest BCUT2D eigenvalue weighted by Crippen LogP contribution is -2.44. The topological polar surface area (TPSA) is 84.2 Å². The van der Waals surface area contributed by atoms with Crippen LogP contribution in [0.3, 0.4) is 0 Å². The zero-order valence-electron chi connectivity index (χ0n) is 15.0. The van der Waals surface area contributed by atoms with Gasteiger partial charge < -0.3 is 16.4 Å². The minimum atomic E-state index is -0.527. The summed E-state index contributed by atoms with van der Waals surface area (Å²) in [6.07, 6.45) is 0.840. The van der Waals surface area contributed by atoms with Crippen molar-refractivity contribution in [3.63, 3.8) is 0 Å². The molecule has 2 rings (SSSR count). The molecule has 0 aliphatic rings. The summed E-state index contributed by atoms with van der Waals surface area (Å²) < 4.78 is 12.9. The van der Waals surface area contributed by atoms with Gasteiger partial charge in [-0.2, -0.15) is 0 Å². The number of nitrogens with two attached hydrogens (primary N) is 1. The van der Waals surface area contributed by atoms with Crippen molar-refractivity contribution in [3.8, 4) is 0 Å². The highest BCUT2D eigenvalue weighted by molar-refractivity contribution is 6.04. The van der Waals surface area contributed by atoms with Gasteiger partial charge in [-0.3, -0.25) is 9.59 Å². The highest BCUT2D eigenvalue weighted by Gasteiger charge is 2.18. The monoisotopic (exact) mass is 357 g/mol. The predicted molar refractivity (Wildman–Crippen MR) is 100 cm³/mol. The molecule has 0 radical (unpaired) electrons. The molecule has 4 N–H and O–H groups in total. The normalized spacial score (nSPS) is 12.9. The van der Waals surface area contributed by atoms with E-state index in [9.17, 15) is 14.0 Å². The van der Waals surface area contributed by atoms with Crippen LogP contribution in [0.4, 0.5) is 10.1 Å². The van der Waals surface area contributed by atoms with Gasteiger partial charge in [0.15, 0.2) is 0 Å². The minimum absolute atomic E-state index is 0.118. The van der Waals surface area contributed by atoms with Gasteiger partial charge in [-0.05, 0) is 47.9 Å². The number of halogens is 1. The first kappa shape index (κ1) is 19.6. The van der Waals surface area contributed by atoms with Crippen molar-refractivity contribution in [2.75, 3.05) is 5.32 Å². The Balaban J connectivity index is 1.90. The van der Waals surface area contributed by atoms with E-state index in [4.69, 9.17) is 5.73 Å². The molecule has 0 saturated carbocycles. The Hall–Kier alpha value is -2.73. The first-order valence-electron chi connectivity index (χ1n) is 8.60. The maximum Gasteiger partial charge on any atom is 0.255 e. The number of hydrogen-bond acceptors (Lipinski definition) is 3. The Bertz CT molecular complexity index is 745. The molecule has 0 fully saturated rings. The Morgan fingerprint density at radius 2 is 1.69 bits per heavy atom. The van der Waals surface area contributed by atoms with Crippen molar-refractivity contribution in [3.05, 3.63) is 65.5 Å². The van der Waals surface area contributed by atoms with Gasteiger partial charge in [0.1, 0.15) is 5.82 Å². The van der Waals surface area contributed by atoms with Gasteiger partial charge >= 0.3 is 0 Å². The van der Waals surface area contributed by atoms with E-state index in [0.717, 1.165) is 12.0 Å². The van der Waals surface area contributed by atoms with E-state index < -0.39 is 6.04 Å². The van der Waals surface area contributed by atoms with Crippen LogP contribution in [-0.2, 0) is 11.3 Å². The zero-order chi connectivity index (χ0) is 19.1. The molecular formula is C20H24FN3O2. The largest absolute Gasteiger partial charge is 0.351 e. The molecular weight excluding hydrogens is 333 g/mol. The number of carbonyl (C=O) groups is 2. The third kappa shape index (κ3) is 5.39. The molecule has 26 heavy (non-hydrogen) atoms. The van der Waals surface area contributed by atoms with E-state index in [1.807, 2.05) is 13.8 Å². The van der Waals surface area contributed by atoms with E-state index in [2.05, 4.69) is 10.6 Å². The molecule has 2 atom stereocenters. The fourth-order valence-corrected chi connectivity index (χ4v) is 2.33. The standard InChI is InChI=1S/C20H24FN3O2/c1-3-13(2)18(22)20(26)23-12-14-4-6-15(7-5-14)19(25)24-17-10-8-16(21)9-11-17/h4-11,13,18H,3,12,22H2,1-2H3,(H,23,26)(H,24,25). The summed E-state index contributed by atoms with van der Waals surface area (Å²) in [4.78, 5) is 24.2. The second-order valence-corrected chi connectivity index (χ2v) is 6.29. The molecule has 2 unspecified atom stereocenters. The molecule has 0 spiro atoms. The number of benzene rings is 2. The van der Waals surface area contributed by atoms with Gasteiger partial charge in [-0.25, -0.2) is 4.39 Å². The van der Waals surface area contributed by atoms with Crippen molar-refractivity contribution in [2.24, 2.45) is 11.7 Å². The van der Waals surface area contributed by atoms with Crippen LogP contribution in [0.1, 0.15) is 36.2 Å². The molecule has 5 nitrogen and oxygen atoms in total. The molecule has 2 amide bonds. The lowest BCUT2D eigenvalue weighted by molar-refractivity contribution is -0.123. The number of amides is 2. The summed E-state index contributed by atoms with van der Waals surface area (Å²) in [6.45, 7) is 4.29. The Morgan fingerprint density at radius 3 is 2.27 bits per heavy atom. The number of anilines is 1. The molecule has 0 saturated heterocycles. The first-order chi connectivity index (χ1) is 12.4. The molecule has 2 aromatic rings. The van der Waals surface area contributed by atoms with E-state index >= 15 is 0 Å². The Morgan fingerprint density at radius 1 is 1.08 bits per heavy atom. The summed E-state index contributed by atoms with van der Waals surface area (Å²) in [5.74, 6) is -0.710. The van der Waals surface area contributed by atoms with Crippen LogP contribution in [-0.4, -0.2) is 17.9 Å². The van der Waals surface area contributed by atoms with Crippen molar-refractivity contribution < 1.29 is 14.0 Å². The molecule has 0 aliphatic heterocycles. The number of nitrogens with one attached hydrogen (secondary N) is 2. The van der Waals surface area contributed by atoms with Gasteiger partial charge in [0.25, 0.3) is 5.91 Å². The van der Waals surface area contributed by atoms with Gasteiger partial charge in [0.2, 0.25) is 5.91 Å². The van der Waals surface area contributed by atoms with Gasteiger partial charge in [0.05, 0.1) is 6.04 Å². The Kier molecular flexibility index (Phi) is 6.86. The molecule has 0 aromatic heterocycles. The summed E-state index contributed by atoms with van der Waals surface area (Å²) in [6, 6.07) is 11.9. The van der Waals surface area contributed by atoms with E-state index in [-0.39, 0.29) is 23.5 Å². The maximum absolute atomic E-state index is 12.9. The smallest absolute Gasteiger partial charge is 0.255 e. The highest BCUT2D eigenvalue weighted by Crippen LogP contribution is 2.12. The average molecular weight is 357 g/mol. The van der Waals surface area contributed by atoms with Crippen LogP contribution < -0.4 is 16.4 Å². The molecule has 0 aliphatic carbocycles. The molecule has 6 heteroatoms. The van der Waals surface area contributed by atoms with E-state index in [1.54, 1.807) is 24.3 Å². The van der Waals surface area contributed by atoms with Crippen LogP contribution in [0.25, 0.3) is 0 Å². The fourth-order valence-electron chi connectivity index (χ4n) is 2.33. The van der Waals surface area contributed by atoms with E-state index in [1.165, 1.54) is 24.3 Å². The quantitative estimate of drug-likeness (QED) is 0.712. The molecule has 0 heterocycles. The number of rotatable bonds is 7. The maximum atomic E-state index is 12.9. The third-order valence-electron chi connectivity index (χ3n) is 4.34. The van der Waals surface area contributed by atoms with Gasteiger partial charge in [0, 0.05) is 17.8 Å². The molecule has 0 bridgehead atoms. The number of carbonyl (C=O) groups excluding carboxylic acids is 2. The first-order valence-corrected chi connectivity index (χ1v) is 8.60. The van der Waals surface area contributed by atoms with Crippen molar-refractivity contribution in [1.29, 1.82) is 0 Å². The second-order valence-electron chi connectivity index (χ2n) is 6.29. The van der Waals surface area contributed by atoms with E-state index in [0.29, 0.717) is 17.8 Å². The fraction of sp³-hybridized carbons (Fsp3) is 0.300. The zero-order valence-corrected chi connectivity index (χ0v) is 15.0. The summed E-state index contributed by atoms with van der Waals surface area (Å²) in [5.41, 5.74) is 7.76. The minimum Gasteiger partial charge on any atom is -0.351 e. The molecule has 138 valence electrons. The van der Waals surface area contributed by atoms with Crippen molar-refractivity contribution in [2.45, 2.75) is 32.9 Å². The van der Waals surface area contributed by atoms with Crippen molar-refractivity contribution >= 4 is 17.5 Å². The van der Waals surface area contributed by atoms with Crippen LogP contribution >= 0.6 is 0 Å². The van der Waals surface area contributed by atoms with Gasteiger partial charge in [-0.15, -0.1) is 0 Å². The van der Waals surface area contributed by atoms with Crippen LogP contribution in [0, 0.1) is 11.7 Å². The average Bonchev–Trinajstić information content (AvgIpc) is 2.67. The number of hydrogen-bond donors (Lipinski definition) is 3. The highest BCUT2D eigenvalue weighted by atomic mass is 19.1. The second kappa shape index (κ2) is 9.10. The Labute approximate surface area is 152 Å². The molecule has 2 aromatic carbocycles. The lowest BCUT2D eigenvalue weighted by atomic mass is 9.99. The predicted octanol–water partition coefficient (Wildman–Crippen LogP) is 3.07. The summed E-state index contributed by atoms with van der Waals surface area (Å²) >= 11 is 0. The lowest BCUT2D eigenvalue weighted by Gasteiger charge is -2.17.